The van der Waals surface area contributed by atoms with E-state index >= 15 is 0 Å². The summed E-state index contributed by atoms with van der Waals surface area (Å²) in [6.45, 7) is 1.53. The average molecular weight is 357 g/mol. The molecule has 3 nitrogen and oxygen atoms in total. The first-order valence-corrected chi connectivity index (χ1v) is 8.63. The molecule has 8 heteroatoms. The molecule has 1 aromatic heterocycles. The van der Waals surface area contributed by atoms with Gasteiger partial charge in [-0.3, -0.25) is 0 Å². The molecule has 0 fully saturated rings. The topological polar surface area (TPSA) is 47.0 Å². The number of halogens is 3. The van der Waals surface area contributed by atoms with E-state index in [1.807, 2.05) is 0 Å². The molecule has 19 heavy (non-hydrogen) atoms. The third kappa shape index (κ3) is 2.90. The van der Waals surface area contributed by atoms with Gasteiger partial charge in [0.1, 0.15) is 4.34 Å². The molecular formula is C11H8Cl3NO2S2. The number of benzene rings is 1. The summed E-state index contributed by atoms with van der Waals surface area (Å²) in [5.74, 6) is 0. The molecule has 0 spiro atoms. The second-order valence-electron chi connectivity index (χ2n) is 3.75. The van der Waals surface area contributed by atoms with Crippen LogP contribution < -0.4 is 0 Å². The number of nitrogens with zero attached hydrogens (tertiary/aromatic N) is 1. The van der Waals surface area contributed by atoms with Gasteiger partial charge in [0, 0.05) is 15.6 Å². The van der Waals surface area contributed by atoms with Crippen molar-refractivity contribution < 1.29 is 8.42 Å². The summed E-state index contributed by atoms with van der Waals surface area (Å²) >= 11 is 18.7. The monoisotopic (exact) mass is 355 g/mol. The van der Waals surface area contributed by atoms with Crippen molar-refractivity contribution in [2.24, 2.45) is 0 Å². The van der Waals surface area contributed by atoms with Crippen LogP contribution in [0.5, 0.6) is 0 Å². The zero-order chi connectivity index (χ0) is 14.2. The lowest BCUT2D eigenvalue weighted by molar-refractivity contribution is 0.585. The van der Waals surface area contributed by atoms with Crippen LogP contribution in [0.25, 0.3) is 0 Å². The fourth-order valence-electron chi connectivity index (χ4n) is 1.58. The van der Waals surface area contributed by atoms with E-state index in [2.05, 4.69) is 4.98 Å². The van der Waals surface area contributed by atoms with Crippen molar-refractivity contribution in [1.82, 2.24) is 4.98 Å². The minimum Gasteiger partial charge on any atom is -0.232 e. The third-order valence-electron chi connectivity index (χ3n) is 2.57. The second-order valence-corrected chi connectivity index (χ2v) is 8.67. The predicted molar refractivity (Wildman–Crippen MR) is 79.2 cm³/mol. The van der Waals surface area contributed by atoms with Gasteiger partial charge in [0.25, 0.3) is 0 Å². The molecule has 2 rings (SSSR count). The van der Waals surface area contributed by atoms with Gasteiger partial charge in [-0.1, -0.05) is 52.2 Å². The highest BCUT2D eigenvalue weighted by Crippen LogP contribution is 2.38. The van der Waals surface area contributed by atoms with Gasteiger partial charge in [0.2, 0.25) is 14.2 Å². The van der Waals surface area contributed by atoms with Crippen molar-refractivity contribution in [3.63, 3.8) is 0 Å². The zero-order valence-electron chi connectivity index (χ0n) is 9.60. The van der Waals surface area contributed by atoms with Gasteiger partial charge in [-0.05, 0) is 19.1 Å². The molecular weight excluding hydrogens is 349 g/mol. The molecule has 1 unspecified atom stereocenters. The van der Waals surface area contributed by atoms with Crippen molar-refractivity contribution in [2.75, 3.05) is 0 Å². The van der Waals surface area contributed by atoms with Gasteiger partial charge in [-0.25, -0.2) is 13.4 Å². The van der Waals surface area contributed by atoms with Gasteiger partial charge in [0.15, 0.2) is 0 Å². The number of sulfone groups is 1. The number of aromatic nitrogens is 1. The van der Waals surface area contributed by atoms with Crippen LogP contribution in [0, 0.1) is 0 Å². The first-order valence-electron chi connectivity index (χ1n) is 5.13. The van der Waals surface area contributed by atoms with Crippen molar-refractivity contribution in [3.8, 4) is 0 Å². The molecule has 2 aromatic rings. The van der Waals surface area contributed by atoms with E-state index in [1.165, 1.54) is 13.1 Å². The third-order valence-corrected chi connectivity index (χ3v) is 6.85. The normalized spacial score (nSPS) is 13.5. The van der Waals surface area contributed by atoms with E-state index in [4.69, 9.17) is 34.8 Å². The van der Waals surface area contributed by atoms with Gasteiger partial charge in [-0.2, -0.15) is 0 Å². The Balaban J connectivity index is 2.53. The first-order chi connectivity index (χ1) is 8.84. The predicted octanol–water partition coefficient (Wildman–Crippen LogP) is 4.64. The van der Waals surface area contributed by atoms with Gasteiger partial charge in [-0.15, -0.1) is 0 Å². The maximum absolute atomic E-state index is 12.4. The molecule has 0 saturated carbocycles. The average Bonchev–Trinajstić information content (AvgIpc) is 2.76. The minimum atomic E-state index is -3.66. The highest BCUT2D eigenvalue weighted by atomic mass is 35.5. The molecule has 0 bridgehead atoms. The van der Waals surface area contributed by atoms with Crippen molar-refractivity contribution in [3.05, 3.63) is 44.3 Å². The summed E-state index contributed by atoms with van der Waals surface area (Å²) in [7, 11) is -3.66. The summed E-state index contributed by atoms with van der Waals surface area (Å²) in [5.41, 5.74) is 0.372. The van der Waals surface area contributed by atoms with Crippen molar-refractivity contribution in [1.29, 1.82) is 0 Å². The van der Waals surface area contributed by atoms with Crippen LogP contribution in [0.1, 0.15) is 17.7 Å². The Labute approximate surface area is 130 Å². The van der Waals surface area contributed by atoms with Crippen LogP contribution in [0.2, 0.25) is 14.4 Å². The Morgan fingerprint density at radius 2 is 1.79 bits per heavy atom. The van der Waals surface area contributed by atoms with Gasteiger partial charge in [0.05, 0.1) is 11.4 Å². The molecule has 0 aliphatic carbocycles. The molecule has 1 atom stereocenters. The molecule has 0 aliphatic rings. The molecule has 1 heterocycles. The van der Waals surface area contributed by atoms with E-state index in [0.717, 1.165) is 11.3 Å². The Kier molecular flexibility index (Phi) is 4.42. The van der Waals surface area contributed by atoms with E-state index in [-0.39, 0.29) is 4.34 Å². The number of thiazole rings is 1. The lowest BCUT2D eigenvalue weighted by Gasteiger charge is -2.14. The minimum absolute atomic E-state index is 0.0408. The SMILES string of the molecule is CC(c1c(Cl)cccc1Cl)S(=O)(=O)c1ncc(Cl)s1. The molecule has 102 valence electrons. The van der Waals surface area contributed by atoms with Gasteiger partial charge < -0.3 is 0 Å². The standard InChI is InChI=1S/C11H8Cl3NO2S2/c1-6(10-7(12)3-2-4-8(10)13)19(16,17)11-15-5-9(14)18-11/h2-6H,1H3. The molecule has 0 aliphatic heterocycles. The summed E-state index contributed by atoms with van der Waals surface area (Å²) in [6, 6.07) is 4.86. The van der Waals surface area contributed by atoms with Crippen LogP contribution >= 0.6 is 46.1 Å². The van der Waals surface area contributed by atoms with Gasteiger partial charge >= 0.3 is 0 Å². The maximum Gasteiger partial charge on any atom is 0.212 e. The fourth-order valence-corrected chi connectivity index (χ4v) is 5.45. The van der Waals surface area contributed by atoms with Crippen LogP contribution in [0.15, 0.2) is 28.7 Å². The number of rotatable bonds is 3. The Morgan fingerprint density at radius 1 is 1.21 bits per heavy atom. The molecule has 0 N–H and O–H groups in total. The first kappa shape index (κ1) is 15.1. The molecule has 0 radical (unpaired) electrons. The zero-order valence-corrected chi connectivity index (χ0v) is 13.5. The van der Waals surface area contributed by atoms with Crippen molar-refractivity contribution >= 4 is 56.0 Å². The molecule has 0 amide bonds. The largest absolute Gasteiger partial charge is 0.232 e. The van der Waals surface area contributed by atoms with Crippen LogP contribution in [0.3, 0.4) is 0 Å². The van der Waals surface area contributed by atoms with Crippen molar-refractivity contribution in [2.45, 2.75) is 16.5 Å². The quantitative estimate of drug-likeness (QED) is 0.805. The summed E-state index contributed by atoms with van der Waals surface area (Å²) in [5, 5.41) is -0.270. The van der Waals surface area contributed by atoms with Crippen LogP contribution in [-0.4, -0.2) is 13.4 Å². The fraction of sp³-hybridized carbons (Fsp3) is 0.182. The number of hydrogen-bond donors (Lipinski definition) is 0. The van der Waals surface area contributed by atoms with Crippen LogP contribution in [-0.2, 0) is 9.84 Å². The summed E-state index contributed by atoms with van der Waals surface area (Å²) in [4.78, 5) is 3.81. The maximum atomic E-state index is 12.4. The van der Waals surface area contributed by atoms with Crippen LogP contribution in [0.4, 0.5) is 0 Å². The van der Waals surface area contributed by atoms with E-state index in [9.17, 15) is 8.42 Å². The lowest BCUT2D eigenvalue weighted by Crippen LogP contribution is -2.11. The summed E-state index contributed by atoms with van der Waals surface area (Å²) in [6.07, 6.45) is 1.31. The molecule has 0 saturated heterocycles. The van der Waals surface area contributed by atoms with E-state index in [1.54, 1.807) is 18.2 Å². The summed E-state index contributed by atoms with van der Waals surface area (Å²) < 4.78 is 25.1. The Bertz CT molecular complexity index is 692. The lowest BCUT2D eigenvalue weighted by atomic mass is 10.2. The molecule has 1 aromatic carbocycles. The highest BCUT2D eigenvalue weighted by molar-refractivity contribution is 7.93. The Hall–Kier alpha value is -0.330. The van der Waals surface area contributed by atoms with E-state index in [0.29, 0.717) is 19.9 Å². The number of hydrogen-bond acceptors (Lipinski definition) is 4. The van der Waals surface area contributed by atoms with E-state index < -0.39 is 15.1 Å². The highest BCUT2D eigenvalue weighted by Gasteiger charge is 2.30. The smallest absolute Gasteiger partial charge is 0.212 e. The second kappa shape index (κ2) is 5.58. The Morgan fingerprint density at radius 3 is 2.26 bits per heavy atom.